The fourth-order valence-electron chi connectivity index (χ4n) is 4.74. The van der Waals surface area contributed by atoms with Gasteiger partial charge in [0.25, 0.3) is 0 Å². The Labute approximate surface area is 258 Å². The van der Waals surface area contributed by atoms with E-state index in [1.165, 1.54) is 27.1 Å². The molecule has 0 amide bonds. The molecular weight excluding hydrogens is 697 g/mol. The Morgan fingerprint density at radius 1 is 0.780 bits per heavy atom. The van der Waals surface area contributed by atoms with Crippen molar-refractivity contribution in [1.29, 1.82) is 0 Å². The summed E-state index contributed by atoms with van der Waals surface area (Å²) < 4.78 is 6.22. The van der Waals surface area contributed by atoms with Crippen molar-refractivity contribution < 1.29 is 24.5 Å². The molecule has 5 heteroatoms. The molecule has 0 aliphatic heterocycles. The number of nitrogens with zero attached hydrogens (tertiary/aromatic N) is 2. The van der Waals surface area contributed by atoms with Gasteiger partial charge in [0.15, 0.2) is 0 Å². The van der Waals surface area contributed by atoms with Crippen molar-refractivity contribution in [2.24, 2.45) is 0 Å². The van der Waals surface area contributed by atoms with Gasteiger partial charge in [0.05, 0.1) is 5.58 Å². The fourth-order valence-corrected chi connectivity index (χ4v) is 6.24. The number of hydrogen-bond donors (Lipinski definition) is 0. The van der Waals surface area contributed by atoms with Gasteiger partial charge in [0, 0.05) is 46.0 Å². The van der Waals surface area contributed by atoms with E-state index in [-0.39, 0.29) is 25.5 Å². The largest absolute Gasteiger partial charge is 0.501 e. The van der Waals surface area contributed by atoms with Gasteiger partial charge in [-0.3, -0.25) is 0 Å². The monoisotopic (exact) mass is 733 g/mol. The molecule has 0 atom stereocenters. The van der Waals surface area contributed by atoms with Crippen LogP contribution in [0.25, 0.3) is 44.5 Å². The molecule has 3 aromatic carbocycles. The van der Waals surface area contributed by atoms with Crippen LogP contribution in [0.5, 0.6) is 0 Å². The summed E-state index contributed by atoms with van der Waals surface area (Å²) in [5.41, 5.74) is 8.37. The SMILES string of the molecule is C[Si](C)(C)c1c[c-]c(-c2ccccn2)c2oc3ccccc3c12.Cc1ccc(-c2[c-]cc(C(C)(C)C)cc2)nc1.[Ir]. The van der Waals surface area contributed by atoms with E-state index in [1.54, 1.807) is 0 Å². The van der Waals surface area contributed by atoms with Crippen LogP contribution >= 0.6 is 0 Å². The van der Waals surface area contributed by atoms with Crippen molar-refractivity contribution >= 4 is 35.2 Å². The second kappa shape index (κ2) is 12.2. The Morgan fingerprint density at radius 2 is 1.54 bits per heavy atom. The van der Waals surface area contributed by atoms with Crippen LogP contribution in [0.2, 0.25) is 19.6 Å². The number of furan rings is 1. The van der Waals surface area contributed by atoms with Gasteiger partial charge in [-0.05, 0) is 41.4 Å². The Kier molecular flexibility index (Phi) is 9.13. The predicted molar refractivity (Wildman–Crippen MR) is 171 cm³/mol. The molecule has 6 aromatic rings. The molecular formula is C36H36IrN2OSi-2. The summed E-state index contributed by atoms with van der Waals surface area (Å²) in [6.07, 6.45) is 3.70. The molecule has 1 radical (unpaired) electrons. The van der Waals surface area contributed by atoms with E-state index in [9.17, 15) is 0 Å². The maximum atomic E-state index is 6.22. The van der Waals surface area contributed by atoms with Gasteiger partial charge in [-0.1, -0.05) is 93.8 Å². The molecule has 0 aliphatic carbocycles. The maximum absolute atomic E-state index is 6.22. The zero-order valence-corrected chi connectivity index (χ0v) is 28.2. The first kappa shape index (κ1) is 30.6. The van der Waals surface area contributed by atoms with E-state index in [0.717, 1.165) is 33.7 Å². The fraction of sp³-hybridized carbons (Fsp3) is 0.222. The summed E-state index contributed by atoms with van der Waals surface area (Å²) in [6, 6.07) is 33.5. The van der Waals surface area contributed by atoms with E-state index < -0.39 is 8.07 Å². The second-order valence-corrected chi connectivity index (χ2v) is 17.3. The Hall–Kier alpha value is -3.37. The minimum absolute atomic E-state index is 0. The third-order valence-corrected chi connectivity index (χ3v) is 9.06. The maximum Gasteiger partial charge on any atom is 0.120 e. The summed E-state index contributed by atoms with van der Waals surface area (Å²) in [5, 5.41) is 3.81. The molecule has 0 unspecified atom stereocenters. The summed E-state index contributed by atoms with van der Waals surface area (Å²) >= 11 is 0. The molecule has 211 valence electrons. The molecule has 0 saturated carbocycles. The normalized spacial score (nSPS) is 11.6. The van der Waals surface area contributed by atoms with Gasteiger partial charge < -0.3 is 14.4 Å². The van der Waals surface area contributed by atoms with Crippen molar-refractivity contribution in [2.75, 3.05) is 0 Å². The van der Waals surface area contributed by atoms with Crippen molar-refractivity contribution in [2.45, 2.75) is 52.8 Å². The van der Waals surface area contributed by atoms with Crippen LogP contribution in [0.15, 0.2) is 95.7 Å². The molecule has 3 nitrogen and oxygen atoms in total. The van der Waals surface area contributed by atoms with Crippen LogP contribution in [0, 0.1) is 19.1 Å². The molecule has 0 fully saturated rings. The number of fused-ring (bicyclic) bond motifs is 3. The van der Waals surface area contributed by atoms with Crippen molar-refractivity contribution in [1.82, 2.24) is 9.97 Å². The molecule has 0 spiro atoms. The average Bonchev–Trinajstić information content (AvgIpc) is 3.32. The first-order valence-corrected chi connectivity index (χ1v) is 17.3. The summed E-state index contributed by atoms with van der Waals surface area (Å²) in [6.45, 7) is 15.7. The molecule has 41 heavy (non-hydrogen) atoms. The van der Waals surface area contributed by atoms with Crippen molar-refractivity contribution in [3.05, 3.63) is 115 Å². The van der Waals surface area contributed by atoms with Crippen LogP contribution < -0.4 is 5.19 Å². The van der Waals surface area contributed by atoms with Gasteiger partial charge in [-0.15, -0.1) is 52.7 Å². The standard InChI is InChI=1S/C20H18NOSi.C16H18N.Ir/c1-23(2,3)18-12-11-14(16-9-6-7-13-21-16)20-19(18)15-8-4-5-10-17(15)22-20;1-12-5-10-15(17-11-12)13-6-8-14(9-7-13)16(2,3)4;/h4-10,12-13H,1-3H3;5-6,8-11H,1-4H3;/q2*-1;. The number of rotatable bonds is 3. The number of para-hydroxylation sites is 1. The van der Waals surface area contributed by atoms with E-state index in [2.05, 4.69) is 105 Å². The third kappa shape index (κ3) is 6.76. The Bertz CT molecular complexity index is 1750. The summed E-state index contributed by atoms with van der Waals surface area (Å²) in [4.78, 5) is 8.89. The number of hydrogen-bond acceptors (Lipinski definition) is 3. The van der Waals surface area contributed by atoms with Crippen LogP contribution in [0.3, 0.4) is 0 Å². The average molecular weight is 733 g/mol. The number of aryl methyl sites for hydroxylation is 1. The summed E-state index contributed by atoms with van der Waals surface area (Å²) in [7, 11) is -1.51. The van der Waals surface area contributed by atoms with Crippen LogP contribution in [0.4, 0.5) is 0 Å². The first-order chi connectivity index (χ1) is 19.0. The molecule has 0 saturated heterocycles. The van der Waals surface area contributed by atoms with Crippen molar-refractivity contribution in [3.63, 3.8) is 0 Å². The smallest absolute Gasteiger partial charge is 0.120 e. The van der Waals surface area contributed by atoms with E-state index in [4.69, 9.17) is 4.42 Å². The number of pyridine rings is 2. The van der Waals surface area contributed by atoms with Gasteiger partial charge in [-0.25, -0.2) is 0 Å². The third-order valence-electron chi connectivity index (χ3n) is 7.05. The Balaban J connectivity index is 0.000000193. The van der Waals surface area contributed by atoms with E-state index in [1.807, 2.05) is 55.7 Å². The zero-order chi connectivity index (χ0) is 28.5. The van der Waals surface area contributed by atoms with Crippen LogP contribution in [-0.4, -0.2) is 18.0 Å². The van der Waals surface area contributed by atoms with Crippen molar-refractivity contribution in [3.8, 4) is 22.5 Å². The molecule has 3 heterocycles. The number of benzene rings is 3. The van der Waals surface area contributed by atoms with Gasteiger partial charge >= 0.3 is 0 Å². The van der Waals surface area contributed by atoms with Crippen LogP contribution in [-0.2, 0) is 25.5 Å². The number of aromatic nitrogens is 2. The van der Waals surface area contributed by atoms with E-state index in [0.29, 0.717) is 0 Å². The van der Waals surface area contributed by atoms with Gasteiger partial charge in [0.2, 0.25) is 0 Å². The minimum Gasteiger partial charge on any atom is -0.501 e. The molecule has 0 N–H and O–H groups in total. The molecule has 0 aliphatic rings. The minimum atomic E-state index is -1.51. The summed E-state index contributed by atoms with van der Waals surface area (Å²) in [5.74, 6) is 0. The quantitative estimate of drug-likeness (QED) is 0.135. The molecule has 0 bridgehead atoms. The zero-order valence-electron chi connectivity index (χ0n) is 24.8. The first-order valence-electron chi connectivity index (χ1n) is 13.8. The predicted octanol–water partition coefficient (Wildman–Crippen LogP) is 9.15. The van der Waals surface area contributed by atoms with E-state index >= 15 is 0 Å². The topological polar surface area (TPSA) is 38.9 Å². The Morgan fingerprint density at radius 3 is 2.15 bits per heavy atom. The van der Waals surface area contributed by atoms with Gasteiger partial charge in [-0.2, -0.15) is 0 Å². The second-order valence-electron chi connectivity index (χ2n) is 12.3. The molecule has 3 aromatic heterocycles. The van der Waals surface area contributed by atoms with Crippen LogP contribution in [0.1, 0.15) is 31.9 Å². The molecule has 6 rings (SSSR count). The van der Waals surface area contributed by atoms with Gasteiger partial charge in [0.1, 0.15) is 5.58 Å².